The Balaban J connectivity index is 1.56. The van der Waals surface area contributed by atoms with Crippen molar-refractivity contribution in [2.45, 2.75) is 6.92 Å². The van der Waals surface area contributed by atoms with Crippen LogP contribution in [0.25, 0.3) is 11.4 Å². The van der Waals surface area contributed by atoms with Crippen LogP contribution in [0.5, 0.6) is 0 Å². The van der Waals surface area contributed by atoms with E-state index < -0.39 is 5.91 Å². The molecule has 0 radical (unpaired) electrons. The van der Waals surface area contributed by atoms with Gasteiger partial charge in [0.15, 0.2) is 0 Å². The summed E-state index contributed by atoms with van der Waals surface area (Å²) in [5, 5.41) is 15.8. The second-order valence-corrected chi connectivity index (χ2v) is 9.78. The van der Waals surface area contributed by atoms with E-state index in [1.807, 2.05) is 83.1 Å². The standard InChI is InChI=1S/C29H22ClN5O2S/c1-19-26(28(37)35(33(19)2)23-11-7-4-8-12-23)32-27(36)24(17-31)29-34(22-9-5-3-6-10-22)25(18-38-29)20-13-15-21(30)16-14-20/h3-16,18H,1-2H3,(H,32,36)/b29-24-. The van der Waals surface area contributed by atoms with Crippen LogP contribution >= 0.6 is 23.4 Å². The largest absolute Gasteiger partial charge is 0.315 e. The third kappa shape index (κ3) is 4.54. The zero-order chi connectivity index (χ0) is 26.8. The molecule has 188 valence electrons. The minimum absolute atomic E-state index is 0.104. The molecule has 3 aromatic carbocycles. The summed E-state index contributed by atoms with van der Waals surface area (Å²) < 4.78 is 3.15. The average Bonchev–Trinajstić information content (AvgIpc) is 3.45. The van der Waals surface area contributed by atoms with Gasteiger partial charge in [0.2, 0.25) is 0 Å². The lowest BCUT2D eigenvalue weighted by atomic mass is 10.1. The van der Waals surface area contributed by atoms with Crippen molar-refractivity contribution in [2.24, 2.45) is 7.05 Å². The van der Waals surface area contributed by atoms with Crippen molar-refractivity contribution in [1.82, 2.24) is 9.36 Å². The Labute approximate surface area is 228 Å². The lowest BCUT2D eigenvalue weighted by molar-refractivity contribution is -0.112. The summed E-state index contributed by atoms with van der Waals surface area (Å²) in [6.07, 6.45) is 0. The maximum Gasteiger partial charge on any atom is 0.295 e. The minimum Gasteiger partial charge on any atom is -0.315 e. The molecule has 7 nitrogen and oxygen atoms in total. The van der Waals surface area contributed by atoms with Crippen molar-refractivity contribution in [2.75, 3.05) is 10.2 Å². The summed E-state index contributed by atoms with van der Waals surface area (Å²) in [4.78, 5) is 28.7. The third-order valence-electron chi connectivity index (χ3n) is 6.23. The van der Waals surface area contributed by atoms with Crippen molar-refractivity contribution in [3.05, 3.63) is 128 Å². The maximum absolute atomic E-state index is 13.5. The number of thioether (sulfide) groups is 1. The number of amides is 1. The lowest BCUT2D eigenvalue weighted by Gasteiger charge is -2.24. The van der Waals surface area contributed by atoms with E-state index in [0.717, 1.165) is 16.9 Å². The monoisotopic (exact) mass is 539 g/mol. The molecular formula is C29H22ClN5O2S. The van der Waals surface area contributed by atoms with Gasteiger partial charge in [0.1, 0.15) is 22.4 Å². The van der Waals surface area contributed by atoms with E-state index >= 15 is 0 Å². The molecule has 38 heavy (non-hydrogen) atoms. The fourth-order valence-corrected chi connectivity index (χ4v) is 5.39. The van der Waals surface area contributed by atoms with E-state index in [-0.39, 0.29) is 16.8 Å². The quantitative estimate of drug-likeness (QED) is 0.246. The van der Waals surface area contributed by atoms with Gasteiger partial charge in [0.25, 0.3) is 11.5 Å². The number of halogens is 1. The number of anilines is 2. The van der Waals surface area contributed by atoms with Gasteiger partial charge in [-0.05, 0) is 48.9 Å². The summed E-state index contributed by atoms with van der Waals surface area (Å²) in [6, 6.07) is 28.1. The number of hydrogen-bond acceptors (Lipinski definition) is 5. The molecule has 0 aliphatic carbocycles. The lowest BCUT2D eigenvalue weighted by Crippen LogP contribution is -2.25. The highest BCUT2D eigenvalue weighted by Crippen LogP contribution is 2.44. The second-order valence-electron chi connectivity index (χ2n) is 8.48. The first-order valence-electron chi connectivity index (χ1n) is 11.7. The SMILES string of the molecule is Cc1c(NC(=O)/C(C#N)=C2\SC=C(c3ccc(Cl)cc3)N2c2ccccc2)c(=O)n(-c2ccccc2)n1C. The van der Waals surface area contributed by atoms with Crippen molar-refractivity contribution in [1.29, 1.82) is 5.26 Å². The number of aromatic nitrogens is 2. The van der Waals surface area contributed by atoms with E-state index in [4.69, 9.17) is 11.6 Å². The number of carbonyl (C=O) groups is 1. The highest BCUT2D eigenvalue weighted by molar-refractivity contribution is 8.06. The molecule has 0 saturated carbocycles. The van der Waals surface area contributed by atoms with Crippen molar-refractivity contribution >= 4 is 46.3 Å². The molecule has 0 fully saturated rings. The van der Waals surface area contributed by atoms with Crippen molar-refractivity contribution in [3.63, 3.8) is 0 Å². The Kier molecular flexibility index (Phi) is 6.97. The Bertz CT molecular complexity index is 1680. The summed E-state index contributed by atoms with van der Waals surface area (Å²) in [7, 11) is 1.75. The zero-order valence-corrected chi connectivity index (χ0v) is 22.1. The summed E-state index contributed by atoms with van der Waals surface area (Å²) in [6.45, 7) is 1.75. The van der Waals surface area contributed by atoms with Crippen LogP contribution in [0.3, 0.4) is 0 Å². The zero-order valence-electron chi connectivity index (χ0n) is 20.6. The van der Waals surface area contributed by atoms with Crippen LogP contribution in [-0.4, -0.2) is 15.3 Å². The number of para-hydroxylation sites is 2. The van der Waals surface area contributed by atoms with E-state index in [0.29, 0.717) is 21.4 Å². The normalized spacial score (nSPS) is 14.2. The fraction of sp³-hybridized carbons (Fsp3) is 0.0690. The summed E-state index contributed by atoms with van der Waals surface area (Å²) in [5.74, 6) is -0.660. The van der Waals surface area contributed by atoms with E-state index in [1.165, 1.54) is 16.4 Å². The average molecular weight is 540 g/mol. The molecular weight excluding hydrogens is 518 g/mol. The second kappa shape index (κ2) is 10.5. The van der Waals surface area contributed by atoms with Crippen LogP contribution in [0.15, 0.2) is 106 Å². The highest BCUT2D eigenvalue weighted by atomic mass is 35.5. The molecule has 1 aliphatic rings. The minimum atomic E-state index is -0.660. The number of hydrogen-bond donors (Lipinski definition) is 1. The Morgan fingerprint density at radius 3 is 2.16 bits per heavy atom. The first kappa shape index (κ1) is 25.2. The highest BCUT2D eigenvalue weighted by Gasteiger charge is 2.31. The van der Waals surface area contributed by atoms with E-state index in [9.17, 15) is 14.9 Å². The van der Waals surface area contributed by atoms with Gasteiger partial charge in [-0.3, -0.25) is 14.3 Å². The van der Waals surface area contributed by atoms with Crippen LogP contribution in [0.2, 0.25) is 5.02 Å². The number of benzene rings is 3. The molecule has 1 amide bonds. The maximum atomic E-state index is 13.5. The molecule has 5 rings (SSSR count). The van der Waals surface area contributed by atoms with Crippen LogP contribution in [0.1, 0.15) is 11.3 Å². The van der Waals surface area contributed by atoms with Crippen LogP contribution in [-0.2, 0) is 11.8 Å². The summed E-state index contributed by atoms with van der Waals surface area (Å²) in [5.41, 5.74) is 3.33. The van der Waals surface area contributed by atoms with Gasteiger partial charge < -0.3 is 10.2 Å². The Morgan fingerprint density at radius 1 is 0.947 bits per heavy atom. The van der Waals surface area contributed by atoms with Gasteiger partial charge in [0, 0.05) is 23.2 Å². The van der Waals surface area contributed by atoms with Gasteiger partial charge in [-0.25, -0.2) is 4.68 Å². The molecule has 0 unspecified atom stereocenters. The number of nitrogens with zero attached hydrogens (tertiary/aromatic N) is 4. The third-order valence-corrected chi connectivity index (χ3v) is 7.43. The first-order chi connectivity index (χ1) is 18.4. The molecule has 0 spiro atoms. The smallest absolute Gasteiger partial charge is 0.295 e. The number of rotatable bonds is 5. The molecule has 4 aromatic rings. The first-order valence-corrected chi connectivity index (χ1v) is 12.9. The number of carbonyl (C=O) groups excluding carboxylic acids is 1. The van der Waals surface area contributed by atoms with Crippen molar-refractivity contribution < 1.29 is 4.79 Å². The molecule has 1 aliphatic heterocycles. The molecule has 9 heteroatoms. The summed E-state index contributed by atoms with van der Waals surface area (Å²) >= 11 is 7.37. The predicted molar refractivity (Wildman–Crippen MR) is 153 cm³/mol. The number of nitrogens with one attached hydrogen (secondary N) is 1. The van der Waals surface area contributed by atoms with Crippen LogP contribution in [0, 0.1) is 18.3 Å². The van der Waals surface area contributed by atoms with E-state index in [2.05, 4.69) is 11.4 Å². The predicted octanol–water partition coefficient (Wildman–Crippen LogP) is 6.06. The Morgan fingerprint density at radius 2 is 1.55 bits per heavy atom. The van der Waals surface area contributed by atoms with Gasteiger partial charge >= 0.3 is 0 Å². The fourth-order valence-electron chi connectivity index (χ4n) is 4.23. The van der Waals surface area contributed by atoms with Crippen LogP contribution in [0.4, 0.5) is 11.4 Å². The van der Waals surface area contributed by atoms with Gasteiger partial charge in [-0.2, -0.15) is 5.26 Å². The van der Waals surface area contributed by atoms with Crippen molar-refractivity contribution in [3.8, 4) is 11.8 Å². The Hall–Kier alpha value is -4.45. The van der Waals surface area contributed by atoms with Gasteiger partial charge in [-0.1, -0.05) is 71.9 Å². The molecule has 2 heterocycles. The van der Waals surface area contributed by atoms with Gasteiger partial charge in [-0.15, -0.1) is 0 Å². The molecule has 1 N–H and O–H groups in total. The molecule has 0 bridgehead atoms. The molecule has 0 atom stereocenters. The van der Waals surface area contributed by atoms with E-state index in [1.54, 1.807) is 30.8 Å². The molecule has 1 aromatic heterocycles. The number of nitriles is 1. The topological polar surface area (TPSA) is 83.1 Å². The van der Waals surface area contributed by atoms with Gasteiger partial charge in [0.05, 0.1) is 17.1 Å². The molecule has 0 saturated heterocycles. The van der Waals surface area contributed by atoms with Crippen LogP contribution < -0.4 is 15.8 Å².